The van der Waals surface area contributed by atoms with Crippen LogP contribution in [-0.2, 0) is 0 Å². The normalized spacial score (nSPS) is 11.0. The standard InChI is InChI=1S/C12H9BF3N5O3/c14-12(15,16)24-8-2-1-5(13(22)23)3-6(8)9-7(4-17)10(18)21-11(19)20-9/h1-3,22-23H,(H4,18,19,20,21). The zero-order chi connectivity index (χ0) is 18.1. The average Bonchev–Trinajstić information content (AvgIpc) is 2.45. The van der Waals surface area contributed by atoms with Gasteiger partial charge in [-0.3, -0.25) is 0 Å². The van der Waals surface area contributed by atoms with Crippen LogP contribution in [-0.4, -0.2) is 33.5 Å². The van der Waals surface area contributed by atoms with Gasteiger partial charge in [-0.05, 0) is 17.6 Å². The SMILES string of the molecule is N#Cc1c(N)nc(N)nc1-c1cc(B(O)O)ccc1OC(F)(F)F. The van der Waals surface area contributed by atoms with E-state index in [1.807, 2.05) is 0 Å². The van der Waals surface area contributed by atoms with Crippen molar-refractivity contribution in [3.63, 3.8) is 0 Å². The summed E-state index contributed by atoms with van der Waals surface area (Å²) in [5.41, 5.74) is 9.78. The largest absolute Gasteiger partial charge is 0.573 e. The lowest BCUT2D eigenvalue weighted by atomic mass is 9.79. The van der Waals surface area contributed by atoms with Gasteiger partial charge in [-0.15, -0.1) is 13.2 Å². The number of hydrogen-bond acceptors (Lipinski definition) is 8. The van der Waals surface area contributed by atoms with Gasteiger partial charge in [0.2, 0.25) is 5.95 Å². The minimum Gasteiger partial charge on any atom is -0.423 e. The number of anilines is 2. The Morgan fingerprint density at radius 1 is 1.21 bits per heavy atom. The third-order valence-corrected chi connectivity index (χ3v) is 2.85. The highest BCUT2D eigenvalue weighted by molar-refractivity contribution is 6.58. The Bertz CT molecular complexity index is 823. The molecule has 0 unspecified atom stereocenters. The monoisotopic (exact) mass is 339 g/mol. The molecule has 12 heteroatoms. The summed E-state index contributed by atoms with van der Waals surface area (Å²) in [6, 6.07) is 4.49. The number of nitrogens with two attached hydrogens (primary N) is 2. The molecule has 8 nitrogen and oxygen atoms in total. The molecule has 0 aliphatic carbocycles. The molecule has 0 spiro atoms. The predicted octanol–water partition coefficient (Wildman–Crippen LogP) is -0.242. The third kappa shape index (κ3) is 3.65. The van der Waals surface area contributed by atoms with Crippen molar-refractivity contribution in [2.45, 2.75) is 6.36 Å². The molecule has 1 heterocycles. The number of alkyl halides is 3. The molecule has 1 aromatic carbocycles. The zero-order valence-corrected chi connectivity index (χ0v) is 11.7. The van der Waals surface area contributed by atoms with Crippen LogP contribution in [0.25, 0.3) is 11.3 Å². The molecular formula is C12H9BF3N5O3. The maximum absolute atomic E-state index is 12.6. The van der Waals surface area contributed by atoms with Gasteiger partial charge in [-0.25, -0.2) is 4.98 Å². The highest BCUT2D eigenvalue weighted by atomic mass is 19.4. The Hall–Kier alpha value is -3.04. The van der Waals surface area contributed by atoms with Gasteiger partial charge in [-0.1, -0.05) is 6.07 Å². The fourth-order valence-electron chi connectivity index (χ4n) is 1.91. The molecule has 2 rings (SSSR count). The van der Waals surface area contributed by atoms with Crippen molar-refractivity contribution in [3.8, 4) is 23.1 Å². The van der Waals surface area contributed by atoms with E-state index in [1.54, 1.807) is 6.07 Å². The van der Waals surface area contributed by atoms with Crippen molar-refractivity contribution in [1.29, 1.82) is 5.26 Å². The molecule has 0 saturated heterocycles. The maximum Gasteiger partial charge on any atom is 0.573 e. The van der Waals surface area contributed by atoms with E-state index in [9.17, 15) is 23.2 Å². The maximum atomic E-state index is 12.6. The molecular weight excluding hydrogens is 330 g/mol. The van der Waals surface area contributed by atoms with Gasteiger partial charge >= 0.3 is 13.5 Å². The number of aromatic nitrogens is 2. The van der Waals surface area contributed by atoms with Crippen LogP contribution in [0.3, 0.4) is 0 Å². The highest BCUT2D eigenvalue weighted by Crippen LogP contribution is 2.35. The molecule has 124 valence electrons. The lowest BCUT2D eigenvalue weighted by molar-refractivity contribution is -0.274. The summed E-state index contributed by atoms with van der Waals surface area (Å²) in [5, 5.41) is 27.5. The molecule has 0 saturated carbocycles. The predicted molar refractivity (Wildman–Crippen MR) is 77.5 cm³/mol. The Kier molecular flexibility index (Phi) is 4.49. The van der Waals surface area contributed by atoms with E-state index in [4.69, 9.17) is 16.7 Å². The van der Waals surface area contributed by atoms with E-state index in [-0.39, 0.29) is 34.0 Å². The Balaban J connectivity index is 2.76. The van der Waals surface area contributed by atoms with E-state index in [1.165, 1.54) is 0 Å². The summed E-state index contributed by atoms with van der Waals surface area (Å²) in [5.74, 6) is -1.44. The van der Waals surface area contributed by atoms with E-state index < -0.39 is 19.2 Å². The van der Waals surface area contributed by atoms with Gasteiger partial charge in [0.15, 0.2) is 0 Å². The lowest BCUT2D eigenvalue weighted by Crippen LogP contribution is -2.30. The van der Waals surface area contributed by atoms with E-state index in [0.717, 1.165) is 18.2 Å². The first-order valence-electron chi connectivity index (χ1n) is 6.21. The van der Waals surface area contributed by atoms with Crippen LogP contribution in [0.2, 0.25) is 0 Å². The number of halogens is 3. The smallest absolute Gasteiger partial charge is 0.423 e. The fraction of sp³-hybridized carbons (Fsp3) is 0.0833. The number of nitrogen functional groups attached to an aromatic ring is 2. The van der Waals surface area contributed by atoms with Crippen molar-refractivity contribution in [3.05, 3.63) is 23.8 Å². The highest BCUT2D eigenvalue weighted by Gasteiger charge is 2.33. The minimum atomic E-state index is -5.02. The van der Waals surface area contributed by atoms with Gasteiger partial charge < -0.3 is 26.3 Å². The molecule has 0 aliphatic rings. The Labute approximate surface area is 133 Å². The second-order valence-corrected chi connectivity index (χ2v) is 4.48. The van der Waals surface area contributed by atoms with Crippen LogP contribution in [0.5, 0.6) is 5.75 Å². The van der Waals surface area contributed by atoms with Crippen LogP contribution >= 0.6 is 0 Å². The van der Waals surface area contributed by atoms with Gasteiger partial charge in [-0.2, -0.15) is 10.2 Å². The van der Waals surface area contributed by atoms with Gasteiger partial charge in [0.25, 0.3) is 0 Å². The van der Waals surface area contributed by atoms with E-state index in [0.29, 0.717) is 0 Å². The summed E-state index contributed by atoms with van der Waals surface area (Å²) in [4.78, 5) is 7.27. The molecule has 0 atom stereocenters. The zero-order valence-electron chi connectivity index (χ0n) is 11.7. The van der Waals surface area contributed by atoms with Gasteiger partial charge in [0.05, 0.1) is 5.69 Å². The van der Waals surface area contributed by atoms with Crippen molar-refractivity contribution in [1.82, 2.24) is 9.97 Å². The molecule has 6 N–H and O–H groups in total. The molecule has 0 aliphatic heterocycles. The molecule has 0 radical (unpaired) electrons. The number of benzene rings is 1. The summed E-state index contributed by atoms with van der Waals surface area (Å²) in [6.45, 7) is 0. The first-order chi connectivity index (χ1) is 11.1. The van der Waals surface area contributed by atoms with Gasteiger partial charge in [0, 0.05) is 5.56 Å². The minimum absolute atomic E-state index is 0.154. The van der Waals surface area contributed by atoms with Crippen molar-refractivity contribution < 1.29 is 28.0 Å². The molecule has 2 aromatic rings. The van der Waals surface area contributed by atoms with Crippen molar-refractivity contribution in [2.24, 2.45) is 0 Å². The fourth-order valence-corrected chi connectivity index (χ4v) is 1.91. The Morgan fingerprint density at radius 3 is 2.42 bits per heavy atom. The molecule has 1 aromatic heterocycles. The molecule has 0 amide bonds. The van der Waals surface area contributed by atoms with Crippen molar-refractivity contribution in [2.75, 3.05) is 11.5 Å². The first-order valence-corrected chi connectivity index (χ1v) is 6.21. The third-order valence-electron chi connectivity index (χ3n) is 2.85. The number of nitrogens with zero attached hydrogens (tertiary/aromatic N) is 3. The van der Waals surface area contributed by atoms with Crippen LogP contribution in [0.4, 0.5) is 24.9 Å². The van der Waals surface area contributed by atoms with Crippen LogP contribution in [0, 0.1) is 11.3 Å². The number of ether oxygens (including phenoxy) is 1. The summed E-state index contributed by atoms with van der Waals surface area (Å²) in [7, 11) is -1.97. The average molecular weight is 339 g/mol. The van der Waals surface area contributed by atoms with E-state index >= 15 is 0 Å². The number of rotatable bonds is 3. The number of hydrogen-bond donors (Lipinski definition) is 4. The first kappa shape index (κ1) is 17.3. The van der Waals surface area contributed by atoms with Crippen LogP contribution in [0.1, 0.15) is 5.56 Å². The molecule has 24 heavy (non-hydrogen) atoms. The van der Waals surface area contributed by atoms with Gasteiger partial charge in [0.1, 0.15) is 23.2 Å². The summed E-state index contributed by atoms with van der Waals surface area (Å²) in [6.07, 6.45) is -5.02. The lowest BCUT2D eigenvalue weighted by Gasteiger charge is -2.15. The van der Waals surface area contributed by atoms with Crippen LogP contribution < -0.4 is 21.7 Å². The summed E-state index contributed by atoms with van der Waals surface area (Å²) >= 11 is 0. The van der Waals surface area contributed by atoms with Crippen molar-refractivity contribution >= 4 is 24.3 Å². The quantitative estimate of drug-likeness (QED) is 0.559. The Morgan fingerprint density at radius 2 is 1.88 bits per heavy atom. The van der Waals surface area contributed by atoms with E-state index in [2.05, 4.69) is 14.7 Å². The second-order valence-electron chi connectivity index (χ2n) is 4.48. The number of nitriles is 1. The molecule has 0 bridgehead atoms. The summed E-state index contributed by atoms with van der Waals surface area (Å²) < 4.78 is 41.6. The van der Waals surface area contributed by atoms with Crippen LogP contribution in [0.15, 0.2) is 18.2 Å². The molecule has 0 fully saturated rings. The second kappa shape index (κ2) is 6.22. The topological polar surface area (TPSA) is 151 Å².